The molecule has 0 fully saturated rings. The summed E-state index contributed by atoms with van der Waals surface area (Å²) < 4.78 is 109. The van der Waals surface area contributed by atoms with Gasteiger partial charge in [0.2, 0.25) is 5.67 Å². The highest BCUT2D eigenvalue weighted by molar-refractivity contribution is 5.63. The molecule has 0 radical (unpaired) electrons. The van der Waals surface area contributed by atoms with E-state index in [0.29, 0.717) is 11.1 Å². The Morgan fingerprint density at radius 3 is 1.61 bits per heavy atom. The minimum Gasteiger partial charge on any atom is -0.231 e. The molecule has 0 spiro atoms. The first-order valence-corrected chi connectivity index (χ1v) is 8.05. The average molecular weight is 408 g/mol. The molecule has 2 aromatic rings. The lowest BCUT2D eigenvalue weighted by Gasteiger charge is -2.39. The third-order valence-electron chi connectivity index (χ3n) is 4.24. The van der Waals surface area contributed by atoms with Crippen LogP contribution in [0.4, 0.5) is 35.1 Å². The standard InChI is InChI=1S/C20H16F8/c1-13(2)12-17(21,18(22,23)19(24,25)20(26,27)28)16-10-8-15(9-11-16)14-6-4-3-5-7-14/h3-11H,1,12H2,2H3. The molecule has 0 aliphatic rings. The van der Waals surface area contributed by atoms with E-state index in [1.165, 1.54) is 12.1 Å². The van der Waals surface area contributed by atoms with Crippen LogP contribution < -0.4 is 0 Å². The summed E-state index contributed by atoms with van der Waals surface area (Å²) in [6.45, 7) is 4.25. The molecule has 2 aromatic carbocycles. The van der Waals surface area contributed by atoms with Crippen molar-refractivity contribution in [3.05, 3.63) is 72.3 Å². The van der Waals surface area contributed by atoms with Crippen molar-refractivity contribution in [3.63, 3.8) is 0 Å². The van der Waals surface area contributed by atoms with Crippen LogP contribution in [0.5, 0.6) is 0 Å². The molecular weight excluding hydrogens is 392 g/mol. The van der Waals surface area contributed by atoms with Crippen LogP contribution in [0, 0.1) is 0 Å². The molecule has 0 bridgehead atoms. The van der Waals surface area contributed by atoms with E-state index in [2.05, 4.69) is 6.58 Å². The van der Waals surface area contributed by atoms with Gasteiger partial charge in [0.1, 0.15) is 0 Å². The molecule has 8 heteroatoms. The van der Waals surface area contributed by atoms with Gasteiger partial charge < -0.3 is 0 Å². The van der Waals surface area contributed by atoms with Crippen molar-refractivity contribution >= 4 is 0 Å². The summed E-state index contributed by atoms with van der Waals surface area (Å²) in [7, 11) is 0. The summed E-state index contributed by atoms with van der Waals surface area (Å²) >= 11 is 0. The molecule has 2 rings (SSSR count). The van der Waals surface area contributed by atoms with Crippen LogP contribution in [-0.4, -0.2) is 18.0 Å². The third-order valence-corrected chi connectivity index (χ3v) is 4.24. The SMILES string of the molecule is C=C(C)CC(F)(c1ccc(-c2ccccc2)cc1)C(F)(F)C(F)(F)C(F)(F)F. The Hall–Kier alpha value is -2.38. The predicted octanol–water partition coefficient (Wildman–Crippen LogP) is 7.32. The Morgan fingerprint density at radius 2 is 1.18 bits per heavy atom. The fraction of sp³-hybridized carbons (Fsp3) is 0.300. The number of halogens is 8. The zero-order valence-electron chi connectivity index (χ0n) is 14.6. The van der Waals surface area contributed by atoms with Gasteiger partial charge in [-0.25, -0.2) is 4.39 Å². The van der Waals surface area contributed by atoms with Crippen LogP contribution in [0.25, 0.3) is 11.1 Å². The number of benzene rings is 2. The lowest BCUT2D eigenvalue weighted by Crippen LogP contribution is -2.61. The molecule has 0 heterocycles. The summed E-state index contributed by atoms with van der Waals surface area (Å²) in [6, 6.07) is 12.3. The Bertz CT molecular complexity index is 822. The second-order valence-corrected chi connectivity index (χ2v) is 6.52. The summed E-state index contributed by atoms with van der Waals surface area (Å²) in [6.07, 6.45) is -8.04. The molecule has 0 saturated carbocycles. The van der Waals surface area contributed by atoms with Crippen molar-refractivity contribution in [1.29, 1.82) is 0 Å². The van der Waals surface area contributed by atoms with Crippen LogP contribution in [0.15, 0.2) is 66.7 Å². The first-order valence-electron chi connectivity index (χ1n) is 8.05. The van der Waals surface area contributed by atoms with Crippen molar-refractivity contribution in [3.8, 4) is 11.1 Å². The number of alkyl halides is 8. The van der Waals surface area contributed by atoms with Gasteiger partial charge in [0, 0.05) is 6.42 Å². The third kappa shape index (κ3) is 3.64. The quantitative estimate of drug-likeness (QED) is 0.347. The maximum atomic E-state index is 15.3. The van der Waals surface area contributed by atoms with Crippen molar-refractivity contribution in [2.45, 2.75) is 37.0 Å². The highest BCUT2D eigenvalue weighted by Gasteiger charge is 2.80. The van der Waals surface area contributed by atoms with Gasteiger partial charge in [0.05, 0.1) is 0 Å². The normalized spacial score (nSPS) is 15.2. The number of allylic oxidation sites excluding steroid dienone is 1. The zero-order chi connectivity index (χ0) is 21.4. The van der Waals surface area contributed by atoms with E-state index in [4.69, 9.17) is 0 Å². The number of hydrogen-bond donors (Lipinski definition) is 0. The van der Waals surface area contributed by atoms with E-state index >= 15 is 4.39 Å². The predicted molar refractivity (Wildman–Crippen MR) is 90.0 cm³/mol. The molecule has 0 amide bonds. The van der Waals surface area contributed by atoms with Gasteiger partial charge >= 0.3 is 18.0 Å². The molecule has 0 nitrogen and oxygen atoms in total. The zero-order valence-corrected chi connectivity index (χ0v) is 14.6. The Labute approximate surface area is 156 Å². The minimum absolute atomic E-state index is 0.313. The summed E-state index contributed by atoms with van der Waals surface area (Å²) in [5, 5.41) is 0. The highest BCUT2D eigenvalue weighted by atomic mass is 19.4. The van der Waals surface area contributed by atoms with Gasteiger partial charge in [-0.05, 0) is 23.6 Å². The molecule has 152 valence electrons. The summed E-state index contributed by atoms with van der Waals surface area (Å²) in [5.41, 5.74) is -4.54. The van der Waals surface area contributed by atoms with E-state index in [-0.39, 0.29) is 5.57 Å². The van der Waals surface area contributed by atoms with Gasteiger partial charge in [-0.15, -0.1) is 6.58 Å². The van der Waals surface area contributed by atoms with Gasteiger partial charge in [0.25, 0.3) is 0 Å². The first-order chi connectivity index (χ1) is 12.7. The fourth-order valence-corrected chi connectivity index (χ4v) is 2.79. The molecule has 0 aliphatic carbocycles. The largest absolute Gasteiger partial charge is 0.460 e. The van der Waals surface area contributed by atoms with Crippen molar-refractivity contribution in [2.75, 3.05) is 0 Å². The fourth-order valence-electron chi connectivity index (χ4n) is 2.79. The average Bonchev–Trinajstić information content (AvgIpc) is 2.60. The smallest absolute Gasteiger partial charge is 0.231 e. The molecule has 0 aliphatic heterocycles. The molecule has 0 aromatic heterocycles. The first kappa shape index (κ1) is 21.9. The topological polar surface area (TPSA) is 0 Å². The van der Waals surface area contributed by atoms with Crippen LogP contribution in [-0.2, 0) is 5.67 Å². The Kier molecular flexibility index (Phi) is 5.65. The lowest BCUT2D eigenvalue weighted by atomic mass is 9.80. The summed E-state index contributed by atoms with van der Waals surface area (Å²) in [5.74, 6) is -12.6. The lowest BCUT2D eigenvalue weighted by molar-refractivity contribution is -0.382. The minimum atomic E-state index is -6.63. The van der Waals surface area contributed by atoms with Crippen molar-refractivity contribution in [1.82, 2.24) is 0 Å². The van der Waals surface area contributed by atoms with E-state index in [9.17, 15) is 30.7 Å². The van der Waals surface area contributed by atoms with E-state index in [1.54, 1.807) is 30.3 Å². The van der Waals surface area contributed by atoms with Gasteiger partial charge in [0.15, 0.2) is 0 Å². The molecule has 28 heavy (non-hydrogen) atoms. The van der Waals surface area contributed by atoms with Crippen molar-refractivity contribution in [2.24, 2.45) is 0 Å². The van der Waals surface area contributed by atoms with Gasteiger partial charge in [-0.1, -0.05) is 60.2 Å². The molecule has 1 unspecified atom stereocenters. The van der Waals surface area contributed by atoms with Crippen LogP contribution in [0.1, 0.15) is 18.9 Å². The summed E-state index contributed by atoms with van der Waals surface area (Å²) in [4.78, 5) is 0. The molecular formula is C20H16F8. The molecule has 0 saturated heterocycles. The molecule has 1 atom stereocenters. The van der Waals surface area contributed by atoms with Crippen LogP contribution in [0.2, 0.25) is 0 Å². The van der Waals surface area contributed by atoms with E-state index < -0.39 is 35.7 Å². The van der Waals surface area contributed by atoms with Crippen LogP contribution in [0.3, 0.4) is 0 Å². The second-order valence-electron chi connectivity index (χ2n) is 6.52. The Morgan fingerprint density at radius 1 is 0.714 bits per heavy atom. The van der Waals surface area contributed by atoms with Gasteiger partial charge in [-0.3, -0.25) is 0 Å². The number of rotatable bonds is 6. The maximum Gasteiger partial charge on any atom is 0.460 e. The number of hydrogen-bond acceptors (Lipinski definition) is 0. The molecule has 0 N–H and O–H groups in total. The monoisotopic (exact) mass is 408 g/mol. The van der Waals surface area contributed by atoms with Crippen molar-refractivity contribution < 1.29 is 35.1 Å². The maximum absolute atomic E-state index is 15.3. The second kappa shape index (κ2) is 7.22. The van der Waals surface area contributed by atoms with E-state index in [1.807, 2.05) is 0 Å². The van der Waals surface area contributed by atoms with Gasteiger partial charge in [-0.2, -0.15) is 30.7 Å². The van der Waals surface area contributed by atoms with E-state index in [0.717, 1.165) is 19.1 Å². The highest BCUT2D eigenvalue weighted by Crippen LogP contribution is 2.57. The Balaban J connectivity index is 2.58. The van der Waals surface area contributed by atoms with Crippen LogP contribution >= 0.6 is 0 Å².